The highest BCUT2D eigenvalue weighted by Crippen LogP contribution is 2.23. The van der Waals surface area contributed by atoms with Crippen molar-refractivity contribution in [3.8, 4) is 5.75 Å². The summed E-state index contributed by atoms with van der Waals surface area (Å²) in [5.41, 5.74) is 1.33. The van der Waals surface area contributed by atoms with Gasteiger partial charge in [0.2, 0.25) is 5.91 Å². The summed E-state index contributed by atoms with van der Waals surface area (Å²) in [7, 11) is 1.53. The van der Waals surface area contributed by atoms with Crippen LogP contribution in [0.1, 0.15) is 12.1 Å². The van der Waals surface area contributed by atoms with Gasteiger partial charge in [0.15, 0.2) is 0 Å². The van der Waals surface area contributed by atoms with E-state index in [1.807, 2.05) is 0 Å². The molecule has 0 radical (unpaired) electrons. The number of rotatable bonds is 7. The molecule has 1 aromatic carbocycles. The standard InChI is InChI=1S/C17H19N5O4/c1-26-13-4-2-12(3-5-13)22-16(24)14(21-17(22)25)8-15(23)19-7-6-11-9-18-10-20-11/h2-5,9-10,14H,6-8H2,1H3,(H,18,20)(H,19,23)(H,21,25)/t14-/m1/s1. The number of urea groups is 1. The molecule has 0 aliphatic carbocycles. The number of nitrogens with one attached hydrogen (secondary N) is 3. The van der Waals surface area contributed by atoms with Gasteiger partial charge in [-0.25, -0.2) is 14.7 Å². The molecular formula is C17H19N5O4. The zero-order chi connectivity index (χ0) is 18.5. The smallest absolute Gasteiger partial charge is 0.329 e. The van der Waals surface area contributed by atoms with Crippen molar-refractivity contribution in [3.63, 3.8) is 0 Å². The zero-order valence-electron chi connectivity index (χ0n) is 14.2. The molecule has 1 fully saturated rings. The van der Waals surface area contributed by atoms with Gasteiger partial charge in [-0.2, -0.15) is 0 Å². The van der Waals surface area contributed by atoms with Crippen LogP contribution in [0, 0.1) is 0 Å². The number of hydrogen-bond acceptors (Lipinski definition) is 5. The van der Waals surface area contributed by atoms with Crippen molar-refractivity contribution < 1.29 is 19.1 Å². The maximum atomic E-state index is 12.5. The summed E-state index contributed by atoms with van der Waals surface area (Å²) in [6.45, 7) is 0.415. The highest BCUT2D eigenvalue weighted by molar-refractivity contribution is 6.22. The molecule has 9 nitrogen and oxygen atoms in total. The number of hydrogen-bond donors (Lipinski definition) is 3. The molecule has 1 aromatic heterocycles. The van der Waals surface area contributed by atoms with E-state index in [-0.39, 0.29) is 12.3 Å². The molecule has 0 saturated carbocycles. The topological polar surface area (TPSA) is 116 Å². The first kappa shape index (κ1) is 17.5. The average Bonchev–Trinajstić information content (AvgIpc) is 3.24. The number of aromatic amines is 1. The normalized spacial score (nSPS) is 16.5. The minimum atomic E-state index is -0.878. The van der Waals surface area contributed by atoms with Gasteiger partial charge in [0.25, 0.3) is 5.91 Å². The lowest BCUT2D eigenvalue weighted by Crippen LogP contribution is -2.37. The monoisotopic (exact) mass is 357 g/mol. The van der Waals surface area contributed by atoms with E-state index in [1.165, 1.54) is 7.11 Å². The number of ether oxygens (including phenoxy) is 1. The van der Waals surface area contributed by atoms with Crippen LogP contribution in [0.5, 0.6) is 5.75 Å². The maximum Gasteiger partial charge on any atom is 0.329 e. The van der Waals surface area contributed by atoms with Crippen LogP contribution < -0.4 is 20.3 Å². The van der Waals surface area contributed by atoms with Crippen LogP contribution in [-0.2, 0) is 16.0 Å². The number of aromatic nitrogens is 2. The molecule has 136 valence electrons. The molecule has 2 aromatic rings. The summed E-state index contributed by atoms with van der Waals surface area (Å²) < 4.78 is 5.06. The lowest BCUT2D eigenvalue weighted by atomic mass is 10.2. The van der Waals surface area contributed by atoms with E-state index in [0.717, 1.165) is 10.6 Å². The van der Waals surface area contributed by atoms with Crippen LogP contribution in [0.25, 0.3) is 0 Å². The Hall–Kier alpha value is -3.36. The van der Waals surface area contributed by atoms with Gasteiger partial charge in [0, 0.05) is 24.9 Å². The number of carbonyl (C=O) groups excluding carboxylic acids is 3. The van der Waals surface area contributed by atoms with Crippen molar-refractivity contribution in [1.82, 2.24) is 20.6 Å². The minimum Gasteiger partial charge on any atom is -0.497 e. The van der Waals surface area contributed by atoms with E-state index in [4.69, 9.17) is 4.74 Å². The van der Waals surface area contributed by atoms with Crippen molar-refractivity contribution in [2.45, 2.75) is 18.9 Å². The Morgan fingerprint density at radius 1 is 1.31 bits per heavy atom. The summed E-state index contributed by atoms with van der Waals surface area (Å²) in [4.78, 5) is 44.5. The fraction of sp³-hybridized carbons (Fsp3) is 0.294. The molecule has 3 rings (SSSR count). The number of imidazole rings is 1. The first-order chi connectivity index (χ1) is 12.6. The maximum absolute atomic E-state index is 12.5. The van der Waals surface area contributed by atoms with Gasteiger partial charge in [0.1, 0.15) is 11.8 Å². The number of anilines is 1. The second-order valence-electron chi connectivity index (χ2n) is 5.75. The van der Waals surface area contributed by atoms with Crippen LogP contribution in [0.4, 0.5) is 10.5 Å². The third-order valence-electron chi connectivity index (χ3n) is 4.01. The van der Waals surface area contributed by atoms with E-state index < -0.39 is 18.0 Å². The molecule has 3 N–H and O–H groups in total. The van der Waals surface area contributed by atoms with E-state index >= 15 is 0 Å². The van der Waals surface area contributed by atoms with Crippen LogP contribution >= 0.6 is 0 Å². The number of nitrogens with zero attached hydrogens (tertiary/aromatic N) is 2. The van der Waals surface area contributed by atoms with E-state index in [2.05, 4.69) is 20.6 Å². The first-order valence-corrected chi connectivity index (χ1v) is 8.11. The van der Waals surface area contributed by atoms with Crippen LogP contribution in [0.3, 0.4) is 0 Å². The van der Waals surface area contributed by atoms with Crippen molar-refractivity contribution >= 4 is 23.5 Å². The Morgan fingerprint density at radius 3 is 2.73 bits per heavy atom. The summed E-state index contributed by atoms with van der Waals surface area (Å²) in [5, 5.41) is 5.27. The molecule has 1 saturated heterocycles. The Bertz CT molecular complexity index is 788. The number of benzene rings is 1. The summed E-state index contributed by atoms with van der Waals surface area (Å²) >= 11 is 0. The Balaban J connectivity index is 1.55. The minimum absolute atomic E-state index is 0.111. The van der Waals surface area contributed by atoms with Crippen LogP contribution in [0.15, 0.2) is 36.8 Å². The largest absolute Gasteiger partial charge is 0.497 e. The Morgan fingerprint density at radius 2 is 2.08 bits per heavy atom. The molecule has 0 bridgehead atoms. The fourth-order valence-corrected chi connectivity index (χ4v) is 2.66. The third-order valence-corrected chi connectivity index (χ3v) is 4.01. The van der Waals surface area contributed by atoms with Gasteiger partial charge >= 0.3 is 6.03 Å². The third kappa shape index (κ3) is 3.82. The van der Waals surface area contributed by atoms with Crippen molar-refractivity contribution in [2.75, 3.05) is 18.6 Å². The molecular weight excluding hydrogens is 338 g/mol. The van der Waals surface area contributed by atoms with Crippen molar-refractivity contribution in [2.24, 2.45) is 0 Å². The zero-order valence-corrected chi connectivity index (χ0v) is 14.2. The molecule has 1 aliphatic rings. The van der Waals surface area contributed by atoms with Gasteiger partial charge in [-0.1, -0.05) is 0 Å². The molecule has 2 heterocycles. The summed E-state index contributed by atoms with van der Waals surface area (Å²) in [6, 6.07) is 5.12. The van der Waals surface area contributed by atoms with Crippen LogP contribution in [-0.4, -0.2) is 47.5 Å². The highest BCUT2D eigenvalue weighted by atomic mass is 16.5. The lowest BCUT2D eigenvalue weighted by Gasteiger charge is -2.13. The highest BCUT2D eigenvalue weighted by Gasteiger charge is 2.39. The van der Waals surface area contributed by atoms with Crippen molar-refractivity contribution in [1.29, 1.82) is 0 Å². The van der Waals surface area contributed by atoms with Gasteiger partial charge in [-0.15, -0.1) is 0 Å². The van der Waals surface area contributed by atoms with Gasteiger partial charge < -0.3 is 20.4 Å². The quantitative estimate of drug-likeness (QED) is 0.627. The number of H-pyrrole nitrogens is 1. The van der Waals surface area contributed by atoms with Crippen LogP contribution in [0.2, 0.25) is 0 Å². The lowest BCUT2D eigenvalue weighted by molar-refractivity contribution is -0.125. The second kappa shape index (κ2) is 7.68. The second-order valence-corrected chi connectivity index (χ2v) is 5.75. The van der Waals surface area contributed by atoms with E-state index in [9.17, 15) is 14.4 Å². The fourth-order valence-electron chi connectivity index (χ4n) is 2.66. The molecule has 1 atom stereocenters. The Labute approximate surface area is 149 Å². The van der Waals surface area contributed by atoms with E-state index in [0.29, 0.717) is 24.4 Å². The Kier molecular flexibility index (Phi) is 5.16. The van der Waals surface area contributed by atoms with Gasteiger partial charge in [-0.05, 0) is 24.3 Å². The van der Waals surface area contributed by atoms with Crippen molar-refractivity contribution in [3.05, 3.63) is 42.5 Å². The molecule has 4 amide bonds. The number of methoxy groups -OCH3 is 1. The molecule has 1 aliphatic heterocycles. The predicted molar refractivity (Wildman–Crippen MR) is 92.7 cm³/mol. The SMILES string of the molecule is COc1ccc(N2C(=O)N[C@H](CC(=O)NCCc3cnc[nH]3)C2=O)cc1. The summed E-state index contributed by atoms with van der Waals surface area (Å²) in [5.74, 6) is -0.141. The summed E-state index contributed by atoms with van der Waals surface area (Å²) in [6.07, 6.45) is 3.74. The number of amides is 4. The van der Waals surface area contributed by atoms with Gasteiger partial charge in [0.05, 0.1) is 25.5 Å². The molecule has 0 unspecified atom stereocenters. The number of carbonyl (C=O) groups is 3. The average molecular weight is 357 g/mol. The molecule has 26 heavy (non-hydrogen) atoms. The molecule has 0 spiro atoms. The van der Waals surface area contributed by atoms with Gasteiger partial charge in [-0.3, -0.25) is 9.59 Å². The molecule has 9 heteroatoms. The predicted octanol–water partition coefficient (Wildman–Crippen LogP) is 0.592. The van der Waals surface area contributed by atoms with E-state index in [1.54, 1.807) is 36.8 Å². The first-order valence-electron chi connectivity index (χ1n) is 8.11. The number of imide groups is 1.